The Hall–Kier alpha value is -1.48. The molecule has 0 aliphatic heterocycles. The summed E-state index contributed by atoms with van der Waals surface area (Å²) in [5.41, 5.74) is 0.567. The number of phenols is 1. The van der Waals surface area contributed by atoms with E-state index in [9.17, 15) is 4.79 Å². The van der Waals surface area contributed by atoms with Crippen molar-refractivity contribution in [3.8, 4) is 5.75 Å². The van der Waals surface area contributed by atoms with E-state index in [0.29, 0.717) is 10.6 Å². The third-order valence-corrected chi connectivity index (χ3v) is 1.92. The highest BCUT2D eigenvalue weighted by molar-refractivity contribution is 6.32. The second kappa shape index (κ2) is 4.67. The summed E-state index contributed by atoms with van der Waals surface area (Å²) in [6.07, 6.45) is 2.72. The van der Waals surface area contributed by atoms with Gasteiger partial charge in [0.25, 0.3) is 0 Å². The van der Waals surface area contributed by atoms with Gasteiger partial charge in [-0.25, -0.2) is 4.79 Å². The summed E-state index contributed by atoms with van der Waals surface area (Å²) in [5, 5.41) is 9.61. The minimum absolute atomic E-state index is 0.0962. The highest BCUT2D eigenvalue weighted by atomic mass is 35.5. The van der Waals surface area contributed by atoms with Gasteiger partial charge in [0.15, 0.2) is 0 Å². The fourth-order valence-corrected chi connectivity index (χ4v) is 1.07. The van der Waals surface area contributed by atoms with Gasteiger partial charge in [-0.15, -0.1) is 0 Å². The zero-order chi connectivity index (χ0) is 10.6. The maximum Gasteiger partial charge on any atom is 0.330 e. The monoisotopic (exact) mass is 212 g/mol. The summed E-state index contributed by atoms with van der Waals surface area (Å²) in [5.74, 6) is -0.372. The first-order valence-corrected chi connectivity index (χ1v) is 4.26. The molecule has 0 saturated carbocycles. The maximum atomic E-state index is 10.8. The molecule has 0 unspecified atom stereocenters. The van der Waals surface area contributed by atoms with Crippen LogP contribution in [0.3, 0.4) is 0 Å². The average molecular weight is 213 g/mol. The lowest BCUT2D eigenvalue weighted by molar-refractivity contribution is -0.134. The summed E-state index contributed by atoms with van der Waals surface area (Å²) in [4.78, 5) is 10.8. The molecule has 0 aliphatic rings. The second-order valence-electron chi connectivity index (χ2n) is 2.56. The van der Waals surface area contributed by atoms with Crippen LogP contribution in [0.25, 0.3) is 6.08 Å². The highest BCUT2D eigenvalue weighted by Crippen LogP contribution is 2.22. The summed E-state index contributed by atoms with van der Waals surface area (Å²) in [7, 11) is 1.29. The smallest absolute Gasteiger partial charge is 0.330 e. The Morgan fingerprint density at radius 1 is 1.57 bits per heavy atom. The van der Waals surface area contributed by atoms with Crippen molar-refractivity contribution in [2.75, 3.05) is 7.11 Å². The molecule has 14 heavy (non-hydrogen) atoms. The molecule has 0 heterocycles. The largest absolute Gasteiger partial charge is 0.508 e. The number of ether oxygens (including phenoxy) is 1. The predicted octanol–water partition coefficient (Wildman–Crippen LogP) is 2.23. The number of phenolic OH excluding ortho intramolecular Hbond substituents is 1. The van der Waals surface area contributed by atoms with Crippen LogP contribution >= 0.6 is 11.6 Å². The van der Waals surface area contributed by atoms with Crippen LogP contribution in [0.2, 0.25) is 5.02 Å². The number of methoxy groups -OCH3 is 1. The number of benzene rings is 1. The molecule has 0 bridgehead atoms. The number of aromatic hydroxyl groups is 1. The SMILES string of the molecule is COC(=O)C=Cc1cc(O)ccc1Cl. The third-order valence-electron chi connectivity index (χ3n) is 1.58. The van der Waals surface area contributed by atoms with Gasteiger partial charge >= 0.3 is 5.97 Å². The minimum atomic E-state index is -0.468. The van der Waals surface area contributed by atoms with Crippen LogP contribution in [-0.2, 0) is 9.53 Å². The van der Waals surface area contributed by atoms with Crippen molar-refractivity contribution < 1.29 is 14.6 Å². The number of halogens is 1. The number of carbonyl (C=O) groups excluding carboxylic acids is 1. The van der Waals surface area contributed by atoms with E-state index in [2.05, 4.69) is 4.74 Å². The van der Waals surface area contributed by atoms with Crippen LogP contribution in [0, 0.1) is 0 Å². The first-order valence-electron chi connectivity index (χ1n) is 3.88. The molecular weight excluding hydrogens is 204 g/mol. The molecule has 1 N–H and O–H groups in total. The average Bonchev–Trinajstić information content (AvgIpc) is 2.19. The Bertz CT molecular complexity index is 372. The Morgan fingerprint density at radius 2 is 2.29 bits per heavy atom. The van der Waals surface area contributed by atoms with E-state index in [1.165, 1.54) is 31.4 Å². The Morgan fingerprint density at radius 3 is 2.93 bits per heavy atom. The molecule has 0 fully saturated rings. The molecule has 74 valence electrons. The van der Waals surface area contributed by atoms with Crippen molar-refractivity contribution in [3.05, 3.63) is 34.9 Å². The van der Waals surface area contributed by atoms with Gasteiger partial charge in [-0.1, -0.05) is 11.6 Å². The van der Waals surface area contributed by atoms with Gasteiger partial charge in [0.1, 0.15) is 5.75 Å². The molecule has 0 amide bonds. The van der Waals surface area contributed by atoms with E-state index in [4.69, 9.17) is 16.7 Å². The van der Waals surface area contributed by atoms with Gasteiger partial charge in [0, 0.05) is 11.1 Å². The van der Waals surface area contributed by atoms with Crippen molar-refractivity contribution >= 4 is 23.6 Å². The molecule has 3 nitrogen and oxygen atoms in total. The summed E-state index contributed by atoms with van der Waals surface area (Å²) in [6, 6.07) is 4.48. The van der Waals surface area contributed by atoms with Crippen LogP contribution in [0.5, 0.6) is 5.75 Å². The van der Waals surface area contributed by atoms with E-state index in [1.54, 1.807) is 6.07 Å². The van der Waals surface area contributed by atoms with Gasteiger partial charge in [0.05, 0.1) is 7.11 Å². The van der Waals surface area contributed by atoms with Crippen LogP contribution in [0.4, 0.5) is 0 Å². The molecule has 1 aromatic rings. The van der Waals surface area contributed by atoms with Gasteiger partial charge in [-0.05, 0) is 29.8 Å². The molecule has 0 saturated heterocycles. The topological polar surface area (TPSA) is 46.5 Å². The Labute approximate surface area is 86.6 Å². The zero-order valence-corrected chi connectivity index (χ0v) is 8.28. The van der Waals surface area contributed by atoms with Crippen molar-refractivity contribution in [1.82, 2.24) is 0 Å². The highest BCUT2D eigenvalue weighted by Gasteiger charge is 1.98. The van der Waals surface area contributed by atoms with E-state index >= 15 is 0 Å². The van der Waals surface area contributed by atoms with Crippen LogP contribution in [-0.4, -0.2) is 18.2 Å². The van der Waals surface area contributed by atoms with Crippen molar-refractivity contribution in [3.63, 3.8) is 0 Å². The number of rotatable bonds is 2. The lowest BCUT2D eigenvalue weighted by Crippen LogP contribution is -1.93. The molecular formula is C10H9ClO3. The molecule has 0 aromatic heterocycles. The van der Waals surface area contributed by atoms with Crippen LogP contribution < -0.4 is 0 Å². The Balaban J connectivity index is 2.90. The summed E-state index contributed by atoms with van der Waals surface area (Å²) in [6.45, 7) is 0. The van der Waals surface area contributed by atoms with Crippen LogP contribution in [0.1, 0.15) is 5.56 Å². The molecule has 1 rings (SSSR count). The first-order chi connectivity index (χ1) is 6.63. The minimum Gasteiger partial charge on any atom is -0.508 e. The normalized spacial score (nSPS) is 10.4. The number of carbonyl (C=O) groups is 1. The molecule has 0 spiro atoms. The molecule has 0 atom stereocenters. The lowest BCUT2D eigenvalue weighted by atomic mass is 10.2. The fourth-order valence-electron chi connectivity index (χ4n) is 0.885. The van der Waals surface area contributed by atoms with E-state index in [0.717, 1.165) is 0 Å². The van der Waals surface area contributed by atoms with Gasteiger partial charge in [0.2, 0.25) is 0 Å². The Kier molecular flexibility index (Phi) is 3.54. The van der Waals surface area contributed by atoms with Gasteiger partial charge < -0.3 is 9.84 Å². The summed E-state index contributed by atoms with van der Waals surface area (Å²) >= 11 is 5.81. The molecule has 1 aromatic carbocycles. The predicted molar refractivity (Wildman–Crippen MR) is 54.2 cm³/mol. The quantitative estimate of drug-likeness (QED) is 0.604. The standard InChI is InChI=1S/C10H9ClO3/c1-14-10(13)5-2-7-6-8(12)3-4-9(7)11/h2-6,12H,1H3. The van der Waals surface area contributed by atoms with Crippen molar-refractivity contribution in [2.45, 2.75) is 0 Å². The van der Waals surface area contributed by atoms with E-state index < -0.39 is 5.97 Å². The van der Waals surface area contributed by atoms with Gasteiger partial charge in [-0.2, -0.15) is 0 Å². The van der Waals surface area contributed by atoms with E-state index in [1.807, 2.05) is 0 Å². The molecule has 0 aliphatic carbocycles. The van der Waals surface area contributed by atoms with Crippen molar-refractivity contribution in [2.24, 2.45) is 0 Å². The second-order valence-corrected chi connectivity index (χ2v) is 2.97. The zero-order valence-electron chi connectivity index (χ0n) is 7.53. The van der Waals surface area contributed by atoms with Crippen molar-refractivity contribution in [1.29, 1.82) is 0 Å². The molecule has 0 radical (unpaired) electrons. The first kappa shape index (κ1) is 10.6. The summed E-state index contributed by atoms with van der Waals surface area (Å²) < 4.78 is 4.41. The number of hydrogen-bond donors (Lipinski definition) is 1. The maximum absolute atomic E-state index is 10.8. The number of esters is 1. The lowest BCUT2D eigenvalue weighted by Gasteiger charge is -1.98. The van der Waals surface area contributed by atoms with Crippen LogP contribution in [0.15, 0.2) is 24.3 Å². The van der Waals surface area contributed by atoms with E-state index in [-0.39, 0.29) is 5.75 Å². The van der Waals surface area contributed by atoms with Gasteiger partial charge in [-0.3, -0.25) is 0 Å². The number of hydrogen-bond acceptors (Lipinski definition) is 3. The third kappa shape index (κ3) is 2.78. The fraction of sp³-hybridized carbons (Fsp3) is 0.100. The molecule has 4 heteroatoms.